The van der Waals surface area contributed by atoms with E-state index < -0.39 is 0 Å². The molecule has 3 N–H and O–H groups in total. The zero-order chi connectivity index (χ0) is 20.7. The number of nitrogens with one attached hydrogen (secondary N) is 1. The molecule has 3 heterocycles. The molecule has 0 unspecified atom stereocenters. The predicted molar refractivity (Wildman–Crippen MR) is 115 cm³/mol. The van der Waals surface area contributed by atoms with Gasteiger partial charge in [0.15, 0.2) is 11.6 Å². The Morgan fingerprint density at radius 1 is 1.43 bits per heavy atom. The molecule has 1 saturated heterocycles. The van der Waals surface area contributed by atoms with Crippen LogP contribution in [0.3, 0.4) is 0 Å². The number of allylic oxidation sites excluding steroid dienone is 1. The van der Waals surface area contributed by atoms with E-state index in [0.29, 0.717) is 31.6 Å². The molecule has 2 atom stereocenters. The van der Waals surface area contributed by atoms with Crippen LogP contribution in [0.15, 0.2) is 11.9 Å². The highest BCUT2D eigenvalue weighted by molar-refractivity contribution is 7.99. The molecule has 1 fully saturated rings. The minimum absolute atomic E-state index is 0.161. The fourth-order valence-electron chi connectivity index (χ4n) is 3.62. The summed E-state index contributed by atoms with van der Waals surface area (Å²) in [5.74, 6) is 2.40. The van der Waals surface area contributed by atoms with Crippen molar-refractivity contribution in [3.63, 3.8) is 0 Å². The van der Waals surface area contributed by atoms with Gasteiger partial charge in [-0.2, -0.15) is 16.7 Å². The Labute approximate surface area is 171 Å². The second kappa shape index (κ2) is 7.44. The van der Waals surface area contributed by atoms with E-state index in [0.717, 1.165) is 23.5 Å². The molecule has 3 rings (SSSR count). The summed E-state index contributed by atoms with van der Waals surface area (Å²) >= 11 is 1.71. The molecule has 28 heavy (non-hydrogen) atoms. The van der Waals surface area contributed by atoms with Crippen LogP contribution in [0.1, 0.15) is 33.4 Å². The van der Waals surface area contributed by atoms with Crippen molar-refractivity contribution in [3.05, 3.63) is 17.6 Å². The molecule has 1 aromatic heterocycles. The number of nitrogens with two attached hydrogens (primary N) is 1. The third kappa shape index (κ3) is 3.41. The Balaban J connectivity index is 2.22. The normalized spacial score (nSPS) is 24.9. The van der Waals surface area contributed by atoms with Gasteiger partial charge in [-0.1, -0.05) is 0 Å². The Morgan fingerprint density at radius 2 is 2.14 bits per heavy atom. The average molecular weight is 407 g/mol. The Kier molecular flexibility index (Phi) is 5.51. The van der Waals surface area contributed by atoms with Gasteiger partial charge in [-0.25, -0.2) is 4.98 Å². The first kappa shape index (κ1) is 20.7. The lowest BCUT2D eigenvalue weighted by Crippen LogP contribution is -2.64. The van der Waals surface area contributed by atoms with Crippen LogP contribution in [0.4, 0.5) is 11.8 Å². The number of hydrogen-bond acceptors (Lipinski definition) is 9. The zero-order valence-electron chi connectivity index (χ0n) is 17.4. The molecule has 154 valence electrons. The first-order chi connectivity index (χ1) is 13.1. The number of ether oxygens (including phenoxy) is 2. The third-order valence-corrected chi connectivity index (χ3v) is 6.62. The molecule has 0 aromatic carbocycles. The van der Waals surface area contributed by atoms with Crippen molar-refractivity contribution in [1.29, 1.82) is 5.41 Å². The van der Waals surface area contributed by atoms with Gasteiger partial charge in [0.25, 0.3) is 0 Å². The van der Waals surface area contributed by atoms with Gasteiger partial charge in [0.1, 0.15) is 18.1 Å². The van der Waals surface area contributed by atoms with E-state index in [1.54, 1.807) is 23.7 Å². The quantitative estimate of drug-likeness (QED) is 0.719. The summed E-state index contributed by atoms with van der Waals surface area (Å²) in [6, 6.07) is 0.161. The highest BCUT2D eigenvalue weighted by Gasteiger charge is 2.47. The minimum atomic E-state index is -0.286. The third-order valence-electron chi connectivity index (χ3n) is 5.41. The summed E-state index contributed by atoms with van der Waals surface area (Å²) in [4.78, 5) is 13.7. The number of anilines is 2. The lowest BCUT2D eigenvalue weighted by molar-refractivity contribution is 0.00707. The SMILES string of the molecule is CSC(C)(C)c1nc(N(C)/C(N)=C/C=N)nc2c1OC[C@]1(C)COC[C@@H](C)N21. The van der Waals surface area contributed by atoms with Crippen LogP contribution < -0.4 is 20.3 Å². The summed E-state index contributed by atoms with van der Waals surface area (Å²) in [6.07, 6.45) is 4.73. The van der Waals surface area contributed by atoms with Gasteiger partial charge in [-0.15, -0.1) is 0 Å². The van der Waals surface area contributed by atoms with Gasteiger partial charge in [0.2, 0.25) is 5.95 Å². The highest BCUT2D eigenvalue weighted by Crippen LogP contribution is 2.48. The van der Waals surface area contributed by atoms with Gasteiger partial charge in [-0.3, -0.25) is 4.90 Å². The zero-order valence-corrected chi connectivity index (χ0v) is 18.3. The number of rotatable bonds is 5. The van der Waals surface area contributed by atoms with Crippen LogP contribution in [0.2, 0.25) is 0 Å². The molecule has 0 amide bonds. The molecule has 1 aromatic rings. The van der Waals surface area contributed by atoms with Crippen molar-refractivity contribution in [1.82, 2.24) is 9.97 Å². The van der Waals surface area contributed by atoms with E-state index in [2.05, 4.69) is 38.9 Å². The second-order valence-electron chi connectivity index (χ2n) is 8.08. The molecule has 8 nitrogen and oxygen atoms in total. The topological polar surface area (TPSA) is 101 Å². The first-order valence-electron chi connectivity index (χ1n) is 9.32. The summed E-state index contributed by atoms with van der Waals surface area (Å²) in [6.45, 7) is 10.3. The van der Waals surface area contributed by atoms with Crippen molar-refractivity contribution in [2.24, 2.45) is 5.73 Å². The van der Waals surface area contributed by atoms with E-state index in [9.17, 15) is 0 Å². The van der Waals surface area contributed by atoms with E-state index in [4.69, 9.17) is 30.6 Å². The van der Waals surface area contributed by atoms with Crippen molar-refractivity contribution in [3.8, 4) is 5.75 Å². The molecule has 9 heteroatoms. The number of hydrogen-bond donors (Lipinski definition) is 2. The Bertz CT molecular complexity index is 799. The van der Waals surface area contributed by atoms with Gasteiger partial charge in [0, 0.05) is 13.3 Å². The van der Waals surface area contributed by atoms with Crippen molar-refractivity contribution in [2.45, 2.75) is 44.0 Å². The maximum Gasteiger partial charge on any atom is 0.233 e. The van der Waals surface area contributed by atoms with E-state index in [-0.39, 0.29) is 16.3 Å². The van der Waals surface area contributed by atoms with Gasteiger partial charge in [0.05, 0.1) is 29.5 Å². The van der Waals surface area contributed by atoms with Crippen LogP contribution in [0.5, 0.6) is 5.75 Å². The average Bonchev–Trinajstić information content (AvgIpc) is 2.66. The second-order valence-corrected chi connectivity index (χ2v) is 9.51. The minimum Gasteiger partial charge on any atom is -0.485 e. The maximum absolute atomic E-state index is 7.29. The van der Waals surface area contributed by atoms with E-state index in [1.807, 2.05) is 0 Å². The molecule has 2 aliphatic rings. The highest BCUT2D eigenvalue weighted by atomic mass is 32.2. The molecule has 0 aliphatic carbocycles. The fourth-order valence-corrected chi connectivity index (χ4v) is 3.95. The van der Waals surface area contributed by atoms with Crippen LogP contribution in [0, 0.1) is 5.41 Å². The summed E-state index contributed by atoms with van der Waals surface area (Å²) in [5.41, 5.74) is 6.66. The number of aromatic nitrogens is 2. The molecule has 0 saturated carbocycles. The van der Waals surface area contributed by atoms with Gasteiger partial charge < -0.3 is 25.5 Å². The number of fused-ring (bicyclic) bond motifs is 3. The van der Waals surface area contributed by atoms with E-state index >= 15 is 0 Å². The molecule has 0 spiro atoms. The summed E-state index contributed by atoms with van der Waals surface area (Å²) in [5, 5.41) is 7.29. The van der Waals surface area contributed by atoms with Crippen molar-refractivity contribution >= 4 is 29.7 Å². The predicted octanol–water partition coefficient (Wildman–Crippen LogP) is 2.34. The standard InChI is InChI=1S/C19H30N6O2S/c1-12-9-26-10-19(4)11-27-14-15(18(2,3)28-6)22-17(23-16(14)25(12)19)24(5)13(21)7-8-20/h7-8,12,20H,9-11,21H2,1-6H3/b13-7+,20-8?/t12-,19+/m1/s1. The maximum atomic E-state index is 7.29. The van der Waals surface area contributed by atoms with Crippen LogP contribution in [-0.4, -0.2) is 60.9 Å². The molecular formula is C19H30N6O2S. The number of morpholine rings is 1. The molecule has 2 aliphatic heterocycles. The lowest BCUT2D eigenvalue weighted by atomic mass is 9.95. The summed E-state index contributed by atoms with van der Waals surface area (Å²) in [7, 11) is 1.80. The van der Waals surface area contributed by atoms with E-state index in [1.165, 1.54) is 6.08 Å². The van der Waals surface area contributed by atoms with Crippen LogP contribution >= 0.6 is 11.8 Å². The number of nitrogens with zero attached hydrogens (tertiary/aromatic N) is 4. The van der Waals surface area contributed by atoms with Crippen LogP contribution in [-0.2, 0) is 9.48 Å². The fraction of sp³-hybridized carbons (Fsp3) is 0.632. The van der Waals surface area contributed by atoms with Gasteiger partial charge >= 0.3 is 0 Å². The summed E-state index contributed by atoms with van der Waals surface area (Å²) < 4.78 is 11.8. The van der Waals surface area contributed by atoms with Crippen LogP contribution in [0.25, 0.3) is 0 Å². The van der Waals surface area contributed by atoms with Gasteiger partial charge in [-0.05, 0) is 40.0 Å². The molecule has 0 radical (unpaired) electrons. The molecular weight excluding hydrogens is 376 g/mol. The monoisotopic (exact) mass is 406 g/mol. The smallest absolute Gasteiger partial charge is 0.233 e. The largest absolute Gasteiger partial charge is 0.485 e. The Hall–Kier alpha value is -2.00. The van der Waals surface area contributed by atoms with Crippen molar-refractivity contribution < 1.29 is 9.47 Å². The Morgan fingerprint density at radius 3 is 2.79 bits per heavy atom. The van der Waals surface area contributed by atoms with Crippen molar-refractivity contribution in [2.75, 3.05) is 42.9 Å². The lowest BCUT2D eigenvalue weighted by Gasteiger charge is -2.52. The molecule has 0 bridgehead atoms. The first-order valence-corrected chi connectivity index (χ1v) is 10.5. The number of thioether (sulfide) groups is 1.